The molecule has 0 aliphatic rings. The predicted molar refractivity (Wildman–Crippen MR) is 110 cm³/mol. The average molecular weight is 341 g/mol. The molecule has 3 nitrogen and oxygen atoms in total. The molecule has 0 unspecified atom stereocenters. The fourth-order valence-corrected chi connectivity index (χ4v) is 3.65. The molecule has 0 bridgehead atoms. The molecule has 0 atom stereocenters. The molecule has 0 radical (unpaired) electrons. The predicted octanol–water partition coefficient (Wildman–Crippen LogP) is 3.31. The lowest BCUT2D eigenvalue weighted by Crippen LogP contribution is -2.35. The van der Waals surface area contributed by atoms with E-state index in [1.807, 2.05) is 25.2 Å². The van der Waals surface area contributed by atoms with Gasteiger partial charge in [0.1, 0.15) is 0 Å². The fraction of sp³-hybridized carbons (Fsp3) is 0.0909. The zero-order valence-electron chi connectivity index (χ0n) is 14.6. The molecule has 4 aromatic carbocycles. The van der Waals surface area contributed by atoms with Crippen molar-refractivity contribution in [2.24, 2.45) is 0 Å². The van der Waals surface area contributed by atoms with Gasteiger partial charge in [-0.3, -0.25) is 0 Å². The summed E-state index contributed by atoms with van der Waals surface area (Å²) in [5, 5.41) is 24.3. The quantitative estimate of drug-likeness (QED) is 0.442. The second kappa shape index (κ2) is 6.83. The summed E-state index contributed by atoms with van der Waals surface area (Å²) in [5.74, 6) is 0. The van der Waals surface area contributed by atoms with Crippen LogP contribution in [0.3, 0.4) is 0 Å². The molecular formula is C22H20BNO2. The molecule has 0 saturated heterocycles. The van der Waals surface area contributed by atoms with Gasteiger partial charge in [-0.15, -0.1) is 0 Å². The van der Waals surface area contributed by atoms with Crippen LogP contribution in [0.4, 0.5) is 5.69 Å². The maximum atomic E-state index is 9.69. The second-order valence-corrected chi connectivity index (χ2v) is 6.59. The third-order valence-corrected chi connectivity index (χ3v) is 4.90. The topological polar surface area (TPSA) is 43.7 Å². The number of nitrogens with zero attached hydrogens (tertiary/aromatic N) is 1. The molecule has 4 heteroatoms. The Labute approximate surface area is 153 Å². The highest BCUT2D eigenvalue weighted by atomic mass is 16.4. The summed E-state index contributed by atoms with van der Waals surface area (Å²) >= 11 is 0. The highest BCUT2D eigenvalue weighted by Gasteiger charge is 2.18. The van der Waals surface area contributed by atoms with Crippen LogP contribution in [-0.2, 0) is 6.54 Å². The average Bonchev–Trinajstić information content (AvgIpc) is 2.67. The van der Waals surface area contributed by atoms with E-state index < -0.39 is 7.12 Å². The van der Waals surface area contributed by atoms with Gasteiger partial charge in [0.15, 0.2) is 0 Å². The maximum absolute atomic E-state index is 9.69. The number of fused-ring (bicyclic) bond motifs is 2. The molecule has 4 aromatic rings. The van der Waals surface area contributed by atoms with Crippen LogP contribution in [0.2, 0.25) is 0 Å². The van der Waals surface area contributed by atoms with Crippen molar-refractivity contribution >= 4 is 39.8 Å². The first-order chi connectivity index (χ1) is 12.6. The lowest BCUT2D eigenvalue weighted by atomic mass is 9.78. The Hall–Kier alpha value is -2.82. The summed E-state index contributed by atoms with van der Waals surface area (Å²) in [6.45, 7) is 0.672. The molecule has 26 heavy (non-hydrogen) atoms. The van der Waals surface area contributed by atoms with E-state index in [4.69, 9.17) is 0 Å². The van der Waals surface area contributed by atoms with E-state index in [2.05, 4.69) is 59.5 Å². The largest absolute Gasteiger partial charge is 0.490 e. The highest BCUT2D eigenvalue weighted by molar-refractivity contribution is 6.60. The zero-order chi connectivity index (χ0) is 18.1. The van der Waals surface area contributed by atoms with E-state index >= 15 is 0 Å². The molecule has 0 aromatic heterocycles. The number of para-hydroxylation sites is 1. The standard InChI is InChI=1S/C22H20BNO2/c1-24(22-13-7-6-12-21(22)23(25)26)15-20-18-10-4-2-8-16(18)14-17-9-3-5-11-19(17)20/h2-14,25-26H,15H2,1H3. The van der Waals surface area contributed by atoms with Crippen LogP contribution in [0.1, 0.15) is 5.56 Å². The first kappa shape index (κ1) is 16.6. The van der Waals surface area contributed by atoms with Crippen LogP contribution in [-0.4, -0.2) is 24.2 Å². The first-order valence-corrected chi connectivity index (χ1v) is 8.71. The van der Waals surface area contributed by atoms with Gasteiger partial charge < -0.3 is 14.9 Å². The summed E-state index contributed by atoms with van der Waals surface area (Å²) in [5.41, 5.74) is 2.57. The Kier molecular flexibility index (Phi) is 4.37. The number of hydrogen-bond donors (Lipinski definition) is 2. The third kappa shape index (κ3) is 2.94. The van der Waals surface area contributed by atoms with E-state index in [1.54, 1.807) is 6.07 Å². The van der Waals surface area contributed by atoms with Crippen molar-refractivity contribution in [3.05, 3.63) is 84.4 Å². The van der Waals surface area contributed by atoms with E-state index in [1.165, 1.54) is 27.1 Å². The van der Waals surface area contributed by atoms with Crippen molar-refractivity contribution in [2.75, 3.05) is 11.9 Å². The summed E-state index contributed by atoms with van der Waals surface area (Å²) in [7, 11) is 0.496. The van der Waals surface area contributed by atoms with Gasteiger partial charge in [-0.2, -0.15) is 0 Å². The summed E-state index contributed by atoms with van der Waals surface area (Å²) in [6, 6.07) is 26.4. The molecule has 0 amide bonds. The van der Waals surface area contributed by atoms with Gasteiger partial charge in [-0.1, -0.05) is 66.7 Å². The summed E-state index contributed by atoms with van der Waals surface area (Å²) < 4.78 is 0. The smallest absolute Gasteiger partial charge is 0.423 e. The number of rotatable bonds is 4. The van der Waals surface area contributed by atoms with Gasteiger partial charge in [0, 0.05) is 24.7 Å². The Bertz CT molecular complexity index is 1020. The Morgan fingerprint density at radius 3 is 1.92 bits per heavy atom. The van der Waals surface area contributed by atoms with Crippen LogP contribution in [0.15, 0.2) is 78.9 Å². The number of anilines is 1. The Morgan fingerprint density at radius 1 is 0.769 bits per heavy atom. The summed E-state index contributed by atoms with van der Waals surface area (Å²) in [6.07, 6.45) is 0. The van der Waals surface area contributed by atoms with Gasteiger partial charge in [0.25, 0.3) is 0 Å². The fourth-order valence-electron chi connectivity index (χ4n) is 3.65. The molecule has 0 aliphatic heterocycles. The Morgan fingerprint density at radius 2 is 1.31 bits per heavy atom. The van der Waals surface area contributed by atoms with Crippen molar-refractivity contribution in [1.82, 2.24) is 0 Å². The highest BCUT2D eigenvalue weighted by Crippen LogP contribution is 2.30. The first-order valence-electron chi connectivity index (χ1n) is 8.71. The number of hydrogen-bond acceptors (Lipinski definition) is 3. The maximum Gasteiger partial charge on any atom is 0.490 e. The Balaban J connectivity index is 1.86. The van der Waals surface area contributed by atoms with E-state index in [-0.39, 0.29) is 0 Å². The molecular weight excluding hydrogens is 321 g/mol. The monoisotopic (exact) mass is 341 g/mol. The van der Waals surface area contributed by atoms with Crippen LogP contribution >= 0.6 is 0 Å². The second-order valence-electron chi connectivity index (χ2n) is 6.59. The van der Waals surface area contributed by atoms with Crippen LogP contribution in [0.25, 0.3) is 21.5 Å². The minimum absolute atomic E-state index is 0.513. The normalized spacial score (nSPS) is 11.0. The minimum Gasteiger partial charge on any atom is -0.423 e. The zero-order valence-corrected chi connectivity index (χ0v) is 14.6. The van der Waals surface area contributed by atoms with E-state index in [9.17, 15) is 10.0 Å². The van der Waals surface area contributed by atoms with Crippen molar-refractivity contribution in [2.45, 2.75) is 6.54 Å². The van der Waals surface area contributed by atoms with E-state index in [0.717, 1.165) is 5.69 Å². The van der Waals surface area contributed by atoms with Crippen molar-refractivity contribution in [3.8, 4) is 0 Å². The lowest BCUT2D eigenvalue weighted by Gasteiger charge is -2.24. The molecule has 0 fully saturated rings. The number of benzene rings is 4. The molecule has 4 rings (SSSR count). The van der Waals surface area contributed by atoms with Gasteiger partial charge >= 0.3 is 7.12 Å². The molecule has 0 spiro atoms. The van der Waals surface area contributed by atoms with Gasteiger partial charge in [0.05, 0.1) is 0 Å². The lowest BCUT2D eigenvalue weighted by molar-refractivity contribution is 0.426. The summed E-state index contributed by atoms with van der Waals surface area (Å²) in [4.78, 5) is 2.07. The van der Waals surface area contributed by atoms with Crippen molar-refractivity contribution in [1.29, 1.82) is 0 Å². The molecule has 0 aliphatic carbocycles. The van der Waals surface area contributed by atoms with Crippen LogP contribution in [0.5, 0.6) is 0 Å². The molecule has 0 heterocycles. The van der Waals surface area contributed by atoms with E-state index in [0.29, 0.717) is 12.0 Å². The van der Waals surface area contributed by atoms with Gasteiger partial charge in [-0.05, 0) is 39.2 Å². The van der Waals surface area contributed by atoms with Gasteiger partial charge in [0.2, 0.25) is 0 Å². The van der Waals surface area contributed by atoms with Crippen LogP contribution in [0, 0.1) is 0 Å². The molecule has 0 saturated carbocycles. The van der Waals surface area contributed by atoms with Crippen molar-refractivity contribution in [3.63, 3.8) is 0 Å². The third-order valence-electron chi connectivity index (χ3n) is 4.90. The van der Waals surface area contributed by atoms with Gasteiger partial charge in [-0.25, -0.2) is 0 Å². The molecule has 2 N–H and O–H groups in total. The van der Waals surface area contributed by atoms with Crippen LogP contribution < -0.4 is 10.4 Å². The SMILES string of the molecule is CN(Cc1c2ccccc2cc2ccccc12)c1ccccc1B(O)O. The van der Waals surface area contributed by atoms with Crippen molar-refractivity contribution < 1.29 is 10.0 Å². The minimum atomic E-state index is -1.49. The molecule has 128 valence electrons.